The third-order valence-corrected chi connectivity index (χ3v) is 6.58. The predicted molar refractivity (Wildman–Crippen MR) is 126 cm³/mol. The summed E-state index contributed by atoms with van der Waals surface area (Å²) >= 11 is 0. The summed E-state index contributed by atoms with van der Waals surface area (Å²) in [4.78, 5) is 2.49. The van der Waals surface area contributed by atoms with Crippen LogP contribution in [-0.2, 0) is 5.54 Å². The molecule has 4 aromatic rings. The van der Waals surface area contributed by atoms with Gasteiger partial charge in [-0.3, -0.25) is 4.90 Å². The average molecular weight is 406 g/mol. The molecule has 0 radical (unpaired) electrons. The fourth-order valence-corrected chi connectivity index (χ4v) is 5.06. The van der Waals surface area contributed by atoms with E-state index in [0.717, 1.165) is 18.5 Å². The topological polar surface area (TPSA) is 23.5 Å². The minimum atomic E-state index is -0.537. The van der Waals surface area contributed by atoms with Gasteiger partial charge in [0.05, 0.1) is 11.6 Å². The Morgan fingerprint density at radius 3 is 1.35 bits per heavy atom. The van der Waals surface area contributed by atoms with Crippen LogP contribution in [-0.4, -0.2) is 22.6 Å². The van der Waals surface area contributed by atoms with Gasteiger partial charge in [0, 0.05) is 12.6 Å². The maximum atomic E-state index is 11.4. The quantitative estimate of drug-likeness (QED) is 0.411. The summed E-state index contributed by atoms with van der Waals surface area (Å²) in [6.07, 6.45) is 0.426. The highest BCUT2D eigenvalue weighted by molar-refractivity contribution is 5.50. The van der Waals surface area contributed by atoms with Crippen LogP contribution in [0.3, 0.4) is 0 Å². The first-order valence-corrected chi connectivity index (χ1v) is 11.0. The van der Waals surface area contributed by atoms with Gasteiger partial charge in [-0.15, -0.1) is 0 Å². The number of likely N-dealkylation sites (tertiary alicyclic amines) is 1. The molecule has 0 spiro atoms. The highest BCUT2D eigenvalue weighted by Gasteiger charge is 2.50. The van der Waals surface area contributed by atoms with E-state index in [1.54, 1.807) is 0 Å². The second-order valence-corrected chi connectivity index (χ2v) is 8.21. The van der Waals surface area contributed by atoms with E-state index in [9.17, 15) is 5.11 Å². The van der Waals surface area contributed by atoms with Crippen LogP contribution in [0.15, 0.2) is 121 Å². The predicted octanol–water partition coefficient (Wildman–Crippen LogP) is 5.79. The van der Waals surface area contributed by atoms with Crippen LogP contribution in [0, 0.1) is 0 Å². The first-order valence-electron chi connectivity index (χ1n) is 11.0. The number of hydrogen-bond acceptors (Lipinski definition) is 2. The van der Waals surface area contributed by atoms with Gasteiger partial charge < -0.3 is 5.11 Å². The zero-order valence-electron chi connectivity index (χ0n) is 17.5. The summed E-state index contributed by atoms with van der Waals surface area (Å²) in [6.45, 7) is 0.924. The van der Waals surface area contributed by atoms with Crippen molar-refractivity contribution >= 4 is 0 Å². The van der Waals surface area contributed by atoms with E-state index in [0.29, 0.717) is 0 Å². The smallest absolute Gasteiger partial charge is 0.0976 e. The van der Waals surface area contributed by atoms with E-state index in [1.807, 2.05) is 30.3 Å². The Hall–Kier alpha value is -3.20. The Kier molecular flexibility index (Phi) is 5.42. The molecular formula is C29H27NO. The van der Waals surface area contributed by atoms with E-state index >= 15 is 0 Å². The molecule has 2 unspecified atom stereocenters. The molecule has 0 saturated carbocycles. The third kappa shape index (κ3) is 3.38. The molecule has 2 atom stereocenters. The highest BCUT2D eigenvalue weighted by Crippen LogP contribution is 2.48. The number of aliphatic hydroxyl groups excluding tert-OH is 1. The lowest BCUT2D eigenvalue weighted by atomic mass is 9.72. The molecule has 1 saturated heterocycles. The number of rotatable bonds is 6. The van der Waals surface area contributed by atoms with E-state index < -0.39 is 11.6 Å². The van der Waals surface area contributed by atoms with Crippen molar-refractivity contribution in [3.63, 3.8) is 0 Å². The highest BCUT2D eigenvalue weighted by atomic mass is 16.3. The zero-order valence-corrected chi connectivity index (χ0v) is 17.5. The molecule has 1 fully saturated rings. The minimum Gasteiger partial charge on any atom is -0.387 e. The molecular weight excluding hydrogens is 378 g/mol. The van der Waals surface area contributed by atoms with Crippen molar-refractivity contribution in [2.24, 2.45) is 0 Å². The van der Waals surface area contributed by atoms with Gasteiger partial charge in [0.1, 0.15) is 0 Å². The first-order chi connectivity index (χ1) is 15.3. The van der Waals surface area contributed by atoms with Gasteiger partial charge >= 0.3 is 0 Å². The van der Waals surface area contributed by atoms with E-state index in [4.69, 9.17) is 0 Å². The van der Waals surface area contributed by atoms with Crippen molar-refractivity contribution in [1.29, 1.82) is 0 Å². The average Bonchev–Trinajstić information content (AvgIpc) is 2.84. The Balaban J connectivity index is 1.71. The molecule has 31 heavy (non-hydrogen) atoms. The lowest BCUT2D eigenvalue weighted by Crippen LogP contribution is -2.62. The van der Waals surface area contributed by atoms with E-state index in [-0.39, 0.29) is 6.04 Å². The summed E-state index contributed by atoms with van der Waals surface area (Å²) in [5.41, 5.74) is 4.16. The molecule has 2 nitrogen and oxygen atoms in total. The van der Waals surface area contributed by atoms with E-state index in [2.05, 4.69) is 95.9 Å². The Labute approximate surface area is 184 Å². The van der Waals surface area contributed by atoms with Crippen molar-refractivity contribution < 1.29 is 5.11 Å². The van der Waals surface area contributed by atoms with Gasteiger partial charge in [0.2, 0.25) is 0 Å². The molecule has 0 aliphatic carbocycles. The molecule has 154 valence electrons. The van der Waals surface area contributed by atoms with Gasteiger partial charge in [-0.25, -0.2) is 0 Å². The molecule has 2 heteroatoms. The normalized spacial score (nSPS) is 17.6. The van der Waals surface area contributed by atoms with Crippen molar-refractivity contribution in [1.82, 2.24) is 4.90 Å². The first kappa shape index (κ1) is 19.7. The van der Waals surface area contributed by atoms with Crippen LogP contribution in [0.4, 0.5) is 0 Å². The van der Waals surface area contributed by atoms with Crippen LogP contribution >= 0.6 is 0 Å². The number of aliphatic hydroxyl groups is 1. The Morgan fingerprint density at radius 2 is 1.00 bits per heavy atom. The minimum absolute atomic E-state index is 0.0306. The zero-order chi connectivity index (χ0) is 21.1. The van der Waals surface area contributed by atoms with Gasteiger partial charge in [-0.2, -0.15) is 0 Å². The SMILES string of the molecule is OC(c1ccccc1)C1CCN1C(c1ccccc1)(c1ccccc1)c1ccccc1. The molecule has 1 aliphatic heterocycles. The largest absolute Gasteiger partial charge is 0.387 e. The lowest BCUT2D eigenvalue weighted by molar-refractivity contribution is -0.0605. The summed E-state index contributed by atoms with van der Waals surface area (Å²) < 4.78 is 0. The van der Waals surface area contributed by atoms with Crippen LogP contribution in [0.2, 0.25) is 0 Å². The van der Waals surface area contributed by atoms with Crippen LogP contribution in [0.5, 0.6) is 0 Å². The molecule has 4 aromatic carbocycles. The summed E-state index contributed by atoms with van der Waals surface area (Å²) in [7, 11) is 0. The molecule has 0 amide bonds. The van der Waals surface area contributed by atoms with E-state index in [1.165, 1.54) is 16.7 Å². The molecule has 1 aliphatic rings. The maximum Gasteiger partial charge on any atom is 0.0976 e. The van der Waals surface area contributed by atoms with Gasteiger partial charge in [0.25, 0.3) is 0 Å². The van der Waals surface area contributed by atoms with Crippen molar-refractivity contribution in [3.05, 3.63) is 144 Å². The van der Waals surface area contributed by atoms with Crippen LogP contribution < -0.4 is 0 Å². The van der Waals surface area contributed by atoms with Crippen LogP contribution in [0.25, 0.3) is 0 Å². The second kappa shape index (κ2) is 8.50. The van der Waals surface area contributed by atoms with Gasteiger partial charge in [-0.1, -0.05) is 121 Å². The maximum absolute atomic E-state index is 11.4. The molecule has 0 aromatic heterocycles. The number of benzene rings is 4. The second-order valence-electron chi connectivity index (χ2n) is 8.21. The van der Waals surface area contributed by atoms with Gasteiger partial charge in [0.15, 0.2) is 0 Å². The lowest BCUT2D eigenvalue weighted by Gasteiger charge is -2.56. The summed E-state index contributed by atoms with van der Waals surface area (Å²) in [5, 5.41) is 11.4. The molecule has 5 rings (SSSR count). The van der Waals surface area contributed by atoms with Gasteiger partial charge in [-0.05, 0) is 28.7 Å². The summed E-state index contributed by atoms with van der Waals surface area (Å²) in [5.74, 6) is 0. The van der Waals surface area contributed by atoms with Crippen molar-refractivity contribution in [3.8, 4) is 0 Å². The fraction of sp³-hybridized carbons (Fsp3) is 0.172. The Morgan fingerprint density at radius 1 is 0.613 bits per heavy atom. The van der Waals surface area contributed by atoms with Crippen molar-refractivity contribution in [2.45, 2.75) is 24.1 Å². The third-order valence-electron chi connectivity index (χ3n) is 6.58. The molecule has 1 N–H and O–H groups in total. The standard InChI is InChI=1S/C29H27NO/c31-28(23-13-5-1-6-14-23)27-21-22-30(27)29(24-15-7-2-8-16-24,25-17-9-3-10-18-25)26-19-11-4-12-20-26/h1-20,27-28,31H,21-22H2. The fourth-order valence-electron chi connectivity index (χ4n) is 5.06. The van der Waals surface area contributed by atoms with Crippen molar-refractivity contribution in [2.75, 3.05) is 6.54 Å². The van der Waals surface area contributed by atoms with Crippen LogP contribution in [0.1, 0.15) is 34.8 Å². The number of hydrogen-bond donors (Lipinski definition) is 1. The molecule has 0 bridgehead atoms. The summed E-state index contributed by atoms with van der Waals surface area (Å²) in [6, 6.07) is 42.2. The Bertz CT molecular complexity index is 1000. The number of nitrogens with zero attached hydrogens (tertiary/aromatic N) is 1. The molecule has 1 heterocycles. The monoisotopic (exact) mass is 405 g/mol.